The van der Waals surface area contributed by atoms with Crippen LogP contribution in [0.2, 0.25) is 0 Å². The van der Waals surface area contributed by atoms with E-state index in [0.717, 1.165) is 24.8 Å². The van der Waals surface area contributed by atoms with Crippen LogP contribution in [0, 0.1) is 11.8 Å². The average molecular weight is 414 g/mol. The van der Waals surface area contributed by atoms with Crippen molar-refractivity contribution in [2.75, 3.05) is 4.90 Å². The Labute approximate surface area is 170 Å². The lowest BCUT2D eigenvalue weighted by Gasteiger charge is -2.34. The van der Waals surface area contributed by atoms with Crippen molar-refractivity contribution in [1.82, 2.24) is 0 Å². The summed E-state index contributed by atoms with van der Waals surface area (Å²) in [7, 11) is 0. The lowest BCUT2D eigenvalue weighted by atomic mass is 9.76. The van der Waals surface area contributed by atoms with Gasteiger partial charge >= 0.3 is 11.9 Å². The van der Waals surface area contributed by atoms with Gasteiger partial charge in [-0.05, 0) is 23.8 Å². The highest BCUT2D eigenvalue weighted by Gasteiger charge is 2.72. The van der Waals surface area contributed by atoms with E-state index in [2.05, 4.69) is 0 Å². The maximum Gasteiger partial charge on any atom is 0.305 e. The minimum absolute atomic E-state index is 0.0622. The maximum atomic E-state index is 13.3. The quantitative estimate of drug-likeness (QED) is 0.265. The van der Waals surface area contributed by atoms with Gasteiger partial charge in [-0.15, -0.1) is 0 Å². The van der Waals surface area contributed by atoms with Crippen molar-refractivity contribution in [2.45, 2.75) is 31.8 Å². The first-order valence-electron chi connectivity index (χ1n) is 9.06. The highest BCUT2D eigenvalue weighted by Crippen LogP contribution is 2.54. The van der Waals surface area contributed by atoms with Gasteiger partial charge in [0.25, 0.3) is 6.29 Å². The molecule has 0 aliphatic carbocycles. The van der Waals surface area contributed by atoms with Crippen LogP contribution in [0.4, 0.5) is 5.69 Å². The highest BCUT2D eigenvalue weighted by molar-refractivity contribution is 6.23. The summed E-state index contributed by atoms with van der Waals surface area (Å²) in [5, 5.41) is 11.2. The molecule has 10 heteroatoms. The molecular formula is C20H16NO9-. The molecular weight excluding hydrogens is 398 g/mol. The van der Waals surface area contributed by atoms with E-state index < -0.39 is 59.6 Å². The van der Waals surface area contributed by atoms with Gasteiger partial charge in [0, 0.05) is 13.8 Å². The van der Waals surface area contributed by atoms with E-state index >= 15 is 0 Å². The molecule has 1 aromatic rings. The van der Waals surface area contributed by atoms with Crippen LogP contribution in [0.3, 0.4) is 0 Å². The number of rotatable bonds is 5. The Bertz CT molecular complexity index is 999. The van der Waals surface area contributed by atoms with E-state index in [-0.39, 0.29) is 11.3 Å². The number of fused-ring (bicyclic) bond motifs is 5. The minimum atomic E-state index is -1.67. The first-order chi connectivity index (χ1) is 14.2. The van der Waals surface area contributed by atoms with Crippen LogP contribution in [-0.4, -0.2) is 47.7 Å². The molecule has 1 aromatic carbocycles. The monoisotopic (exact) mass is 414 g/mol. The Hall–Kier alpha value is -3.53. The van der Waals surface area contributed by atoms with Crippen LogP contribution in [0.15, 0.2) is 36.4 Å². The summed E-state index contributed by atoms with van der Waals surface area (Å²) in [5.41, 5.74) is -1.80. The Kier molecular flexibility index (Phi) is 4.46. The molecule has 3 aliphatic rings. The average Bonchev–Trinajstić information content (AvgIpc) is 3.32. The van der Waals surface area contributed by atoms with Crippen LogP contribution in [0.1, 0.15) is 24.2 Å². The van der Waals surface area contributed by atoms with Crippen molar-refractivity contribution in [3.63, 3.8) is 0 Å². The third-order valence-corrected chi connectivity index (χ3v) is 5.33. The molecule has 10 nitrogen and oxygen atoms in total. The third-order valence-electron chi connectivity index (χ3n) is 5.33. The number of amides is 2. The van der Waals surface area contributed by atoms with Gasteiger partial charge in [-0.3, -0.25) is 19.2 Å². The fourth-order valence-electron chi connectivity index (χ4n) is 4.24. The molecule has 0 aromatic heterocycles. The van der Waals surface area contributed by atoms with E-state index in [9.17, 15) is 29.1 Å². The molecule has 2 saturated heterocycles. The predicted octanol–water partition coefficient (Wildman–Crippen LogP) is -0.685. The van der Waals surface area contributed by atoms with Gasteiger partial charge < -0.3 is 24.1 Å². The fraction of sp³-hybridized carbons (Fsp3) is 0.350. The van der Waals surface area contributed by atoms with Crippen LogP contribution in [-0.2, 0) is 33.4 Å². The van der Waals surface area contributed by atoms with Crippen molar-refractivity contribution in [3.05, 3.63) is 42.0 Å². The molecule has 2 fully saturated rings. The van der Waals surface area contributed by atoms with Gasteiger partial charge in [0.05, 0.1) is 29.6 Å². The number of carbonyl (C=O) groups is 5. The second kappa shape index (κ2) is 6.77. The molecule has 3 heterocycles. The SMILES string of the molecule is CC(=O)OC(OC(C)=O)[C@@]12C=C[C@@H](O1)[C@H]1C(=O)N(c3cccc(C(=O)[O-])c3)C(=O)[C@@H]12. The number of carboxylic acid groups (broad SMARTS) is 1. The van der Waals surface area contributed by atoms with Crippen LogP contribution >= 0.6 is 0 Å². The number of nitrogens with zero attached hydrogens (tertiary/aromatic N) is 1. The number of benzene rings is 1. The van der Waals surface area contributed by atoms with E-state index in [1.165, 1.54) is 24.3 Å². The van der Waals surface area contributed by atoms with Crippen molar-refractivity contribution in [1.29, 1.82) is 0 Å². The zero-order valence-corrected chi connectivity index (χ0v) is 15.9. The summed E-state index contributed by atoms with van der Waals surface area (Å²) in [6.07, 6.45) is 0.638. The smallest absolute Gasteiger partial charge is 0.305 e. The first kappa shape index (κ1) is 19.8. The molecule has 2 amide bonds. The van der Waals surface area contributed by atoms with Crippen LogP contribution in [0.5, 0.6) is 0 Å². The second-order valence-corrected chi connectivity index (χ2v) is 7.20. The summed E-state index contributed by atoms with van der Waals surface area (Å²) in [5.74, 6) is -6.34. The molecule has 0 spiro atoms. The molecule has 156 valence electrons. The molecule has 0 radical (unpaired) electrons. The van der Waals surface area contributed by atoms with E-state index in [1.54, 1.807) is 6.08 Å². The van der Waals surface area contributed by atoms with Gasteiger partial charge in [-0.1, -0.05) is 18.2 Å². The van der Waals surface area contributed by atoms with Gasteiger partial charge in [-0.2, -0.15) is 0 Å². The Morgan fingerprint density at radius 3 is 2.40 bits per heavy atom. The Morgan fingerprint density at radius 1 is 1.13 bits per heavy atom. The third kappa shape index (κ3) is 2.79. The van der Waals surface area contributed by atoms with Crippen molar-refractivity contribution < 1.29 is 43.3 Å². The molecule has 30 heavy (non-hydrogen) atoms. The molecule has 0 unspecified atom stereocenters. The molecule has 2 bridgehead atoms. The highest BCUT2D eigenvalue weighted by atomic mass is 16.7. The number of aromatic carboxylic acids is 1. The topological polar surface area (TPSA) is 139 Å². The molecule has 0 saturated carbocycles. The predicted molar refractivity (Wildman–Crippen MR) is 94.3 cm³/mol. The minimum Gasteiger partial charge on any atom is -0.545 e. The summed E-state index contributed by atoms with van der Waals surface area (Å²) in [6, 6.07) is 5.24. The van der Waals surface area contributed by atoms with Crippen molar-refractivity contribution in [3.8, 4) is 0 Å². The number of anilines is 1. The summed E-state index contributed by atoms with van der Waals surface area (Å²) in [6.45, 7) is 2.21. The van der Waals surface area contributed by atoms with E-state index in [4.69, 9.17) is 14.2 Å². The molecule has 0 N–H and O–H groups in total. The van der Waals surface area contributed by atoms with Crippen LogP contribution < -0.4 is 10.0 Å². The normalized spacial score (nSPS) is 28.8. The number of esters is 2. The number of carbonyl (C=O) groups excluding carboxylic acids is 5. The van der Waals surface area contributed by atoms with E-state index in [1.807, 2.05) is 0 Å². The van der Waals surface area contributed by atoms with Gasteiger partial charge in [-0.25, -0.2) is 4.90 Å². The molecule has 4 atom stereocenters. The number of carboxylic acids is 1. The van der Waals surface area contributed by atoms with Crippen molar-refractivity contribution in [2.24, 2.45) is 11.8 Å². The Balaban J connectivity index is 1.75. The lowest BCUT2D eigenvalue weighted by Crippen LogP contribution is -2.52. The Morgan fingerprint density at radius 2 is 1.80 bits per heavy atom. The standard InChI is InChI=1S/C20H17NO9/c1-9(22)28-19(29-10(2)23)20-7-6-13(30-20)14-15(20)17(25)21(16(14)24)12-5-3-4-11(8-12)18(26)27/h3-8,13-15,19H,1-2H3,(H,26,27)/p-1/t13-,14-,15-,20+/m1/s1. The zero-order valence-electron chi connectivity index (χ0n) is 15.9. The van der Waals surface area contributed by atoms with Gasteiger partial charge in [0.2, 0.25) is 11.8 Å². The first-order valence-corrected chi connectivity index (χ1v) is 9.06. The summed E-state index contributed by atoms with van der Waals surface area (Å²) >= 11 is 0. The summed E-state index contributed by atoms with van der Waals surface area (Å²) < 4.78 is 16.1. The number of hydrogen-bond donors (Lipinski definition) is 0. The lowest BCUT2D eigenvalue weighted by molar-refractivity contribution is -0.255. The van der Waals surface area contributed by atoms with Crippen molar-refractivity contribution >= 4 is 35.4 Å². The maximum absolute atomic E-state index is 13.3. The molecule has 4 rings (SSSR count). The fourth-order valence-corrected chi connectivity index (χ4v) is 4.24. The zero-order chi connectivity index (χ0) is 21.8. The largest absolute Gasteiger partial charge is 0.545 e. The second-order valence-electron chi connectivity index (χ2n) is 7.20. The molecule has 3 aliphatic heterocycles. The van der Waals surface area contributed by atoms with Gasteiger partial charge in [0.1, 0.15) is 0 Å². The number of imide groups is 1. The summed E-state index contributed by atoms with van der Waals surface area (Å²) in [4.78, 5) is 61.6. The number of hydrogen-bond acceptors (Lipinski definition) is 9. The van der Waals surface area contributed by atoms with E-state index in [0.29, 0.717) is 0 Å². The van der Waals surface area contributed by atoms with Crippen LogP contribution in [0.25, 0.3) is 0 Å². The van der Waals surface area contributed by atoms with Gasteiger partial charge in [0.15, 0.2) is 5.60 Å². The number of ether oxygens (including phenoxy) is 3.